The van der Waals surface area contributed by atoms with Crippen molar-refractivity contribution >= 4 is 11.6 Å². The van der Waals surface area contributed by atoms with Crippen LogP contribution in [-0.2, 0) is 0 Å². The minimum atomic E-state index is -0.0968. The lowest BCUT2D eigenvalue weighted by atomic mass is 9.91. The molecule has 0 saturated heterocycles. The Bertz CT molecular complexity index is 1040. The summed E-state index contributed by atoms with van der Waals surface area (Å²) in [5.74, 6) is -0.0968. The minimum absolute atomic E-state index is 0.0607. The summed E-state index contributed by atoms with van der Waals surface area (Å²) in [7, 11) is 0. The Balaban J connectivity index is 1.44. The molecule has 1 fully saturated rings. The van der Waals surface area contributed by atoms with Crippen LogP contribution in [0.25, 0.3) is 5.65 Å². The second-order valence-electron chi connectivity index (χ2n) is 7.21. The lowest BCUT2D eigenvalue weighted by molar-refractivity contribution is 0.0914. The summed E-state index contributed by atoms with van der Waals surface area (Å²) in [6, 6.07) is 9.20. The Morgan fingerprint density at radius 1 is 1.11 bits per heavy atom. The number of aromatic nitrogens is 4. The summed E-state index contributed by atoms with van der Waals surface area (Å²) in [5, 5.41) is 7.52. The highest BCUT2D eigenvalue weighted by molar-refractivity contribution is 5.94. The van der Waals surface area contributed by atoms with Crippen molar-refractivity contribution in [3.05, 3.63) is 64.0 Å². The van der Waals surface area contributed by atoms with Gasteiger partial charge in [0.15, 0.2) is 0 Å². The van der Waals surface area contributed by atoms with Gasteiger partial charge in [0.1, 0.15) is 11.3 Å². The van der Waals surface area contributed by atoms with E-state index in [0.717, 1.165) is 42.7 Å². The van der Waals surface area contributed by atoms with Gasteiger partial charge in [-0.2, -0.15) is 5.10 Å². The van der Waals surface area contributed by atoms with Crippen LogP contribution < -0.4 is 10.9 Å². The molecule has 3 heterocycles. The first-order chi connectivity index (χ1) is 13.0. The largest absolute Gasteiger partial charge is 0.348 e. The molecular formula is C20H23N5O2. The summed E-state index contributed by atoms with van der Waals surface area (Å²) in [4.78, 5) is 29.3. The molecule has 4 rings (SSSR count). The van der Waals surface area contributed by atoms with Gasteiger partial charge in [-0.25, -0.2) is 9.67 Å². The Labute approximate surface area is 157 Å². The van der Waals surface area contributed by atoms with Crippen LogP contribution in [0.5, 0.6) is 0 Å². The zero-order chi connectivity index (χ0) is 19.0. The van der Waals surface area contributed by atoms with Crippen molar-refractivity contribution in [2.24, 2.45) is 0 Å². The molecule has 7 heteroatoms. The van der Waals surface area contributed by atoms with E-state index in [1.807, 2.05) is 42.6 Å². The third-order valence-electron chi connectivity index (χ3n) is 5.26. The third-order valence-corrected chi connectivity index (χ3v) is 5.26. The molecule has 1 aliphatic rings. The quantitative estimate of drug-likeness (QED) is 0.773. The predicted octanol–water partition coefficient (Wildman–Crippen LogP) is 2.42. The van der Waals surface area contributed by atoms with E-state index in [2.05, 4.69) is 15.4 Å². The van der Waals surface area contributed by atoms with E-state index in [0.29, 0.717) is 5.69 Å². The van der Waals surface area contributed by atoms with Gasteiger partial charge in [0.25, 0.3) is 11.5 Å². The zero-order valence-corrected chi connectivity index (χ0v) is 15.6. The molecule has 1 N–H and O–H groups in total. The number of rotatable bonds is 3. The van der Waals surface area contributed by atoms with Gasteiger partial charge in [-0.05, 0) is 57.7 Å². The fourth-order valence-electron chi connectivity index (χ4n) is 3.89. The monoisotopic (exact) mass is 365 g/mol. The van der Waals surface area contributed by atoms with Gasteiger partial charge in [0.05, 0.1) is 17.4 Å². The Morgan fingerprint density at radius 2 is 1.89 bits per heavy atom. The molecule has 0 radical (unpaired) electrons. The van der Waals surface area contributed by atoms with Crippen molar-refractivity contribution in [2.45, 2.75) is 51.6 Å². The first-order valence-electron chi connectivity index (χ1n) is 9.34. The molecular weight excluding hydrogens is 342 g/mol. The van der Waals surface area contributed by atoms with Gasteiger partial charge in [0, 0.05) is 18.3 Å². The van der Waals surface area contributed by atoms with Gasteiger partial charge in [-0.15, -0.1) is 0 Å². The minimum Gasteiger partial charge on any atom is -0.348 e. The molecule has 7 nitrogen and oxygen atoms in total. The average Bonchev–Trinajstić information content (AvgIpc) is 3.00. The standard InChI is InChI=1S/C20H23N5O2/c1-13-6-11-18(26)25(23-13)16-9-7-15(8-10-16)22-20(27)19-14(2)21-17-5-3-4-12-24(17)19/h3-6,11-12,15-16H,7-10H2,1-2H3,(H,22,27). The number of amides is 1. The number of fused-ring (bicyclic) bond motifs is 1. The Hall–Kier alpha value is -2.96. The van der Waals surface area contributed by atoms with E-state index in [4.69, 9.17) is 0 Å². The first kappa shape index (κ1) is 17.5. The number of nitrogens with one attached hydrogen (secondary N) is 1. The maximum Gasteiger partial charge on any atom is 0.270 e. The number of aryl methyl sites for hydroxylation is 2. The highest BCUT2D eigenvalue weighted by Crippen LogP contribution is 2.27. The molecule has 3 aromatic heterocycles. The van der Waals surface area contributed by atoms with Crippen molar-refractivity contribution in [2.75, 3.05) is 0 Å². The van der Waals surface area contributed by atoms with E-state index in [-0.39, 0.29) is 23.6 Å². The van der Waals surface area contributed by atoms with Crippen LogP contribution in [0.1, 0.15) is 53.6 Å². The van der Waals surface area contributed by atoms with Crippen LogP contribution in [0.15, 0.2) is 41.3 Å². The first-order valence-corrected chi connectivity index (χ1v) is 9.34. The van der Waals surface area contributed by atoms with Gasteiger partial charge in [-0.1, -0.05) is 6.07 Å². The van der Waals surface area contributed by atoms with Crippen LogP contribution >= 0.6 is 0 Å². The van der Waals surface area contributed by atoms with Crippen molar-refractivity contribution < 1.29 is 4.79 Å². The van der Waals surface area contributed by atoms with E-state index >= 15 is 0 Å². The zero-order valence-electron chi connectivity index (χ0n) is 15.6. The van der Waals surface area contributed by atoms with Gasteiger partial charge in [-0.3, -0.25) is 14.0 Å². The molecule has 27 heavy (non-hydrogen) atoms. The fourth-order valence-corrected chi connectivity index (χ4v) is 3.89. The number of carbonyl (C=O) groups excluding carboxylic acids is 1. The SMILES string of the molecule is Cc1ccc(=O)n(C2CCC(NC(=O)c3c(C)nc4ccccn34)CC2)n1. The molecule has 0 atom stereocenters. The van der Waals surface area contributed by atoms with Crippen LogP contribution in [0.2, 0.25) is 0 Å². The molecule has 1 amide bonds. The molecule has 140 valence electrons. The number of carbonyl (C=O) groups is 1. The van der Waals surface area contributed by atoms with E-state index < -0.39 is 0 Å². The summed E-state index contributed by atoms with van der Waals surface area (Å²) >= 11 is 0. The molecule has 1 saturated carbocycles. The van der Waals surface area contributed by atoms with Crippen molar-refractivity contribution in [1.82, 2.24) is 24.5 Å². The van der Waals surface area contributed by atoms with Gasteiger partial charge in [0.2, 0.25) is 0 Å². The number of nitrogens with zero attached hydrogens (tertiary/aromatic N) is 4. The number of hydrogen-bond acceptors (Lipinski definition) is 4. The van der Waals surface area contributed by atoms with E-state index in [1.54, 1.807) is 16.8 Å². The smallest absolute Gasteiger partial charge is 0.270 e. The number of hydrogen-bond donors (Lipinski definition) is 1. The summed E-state index contributed by atoms with van der Waals surface area (Å²) < 4.78 is 3.43. The van der Waals surface area contributed by atoms with Crippen LogP contribution in [-0.4, -0.2) is 31.1 Å². The molecule has 3 aromatic rings. The number of imidazole rings is 1. The van der Waals surface area contributed by atoms with Crippen LogP contribution in [0, 0.1) is 13.8 Å². The molecule has 0 bridgehead atoms. The van der Waals surface area contributed by atoms with Crippen molar-refractivity contribution in [1.29, 1.82) is 0 Å². The van der Waals surface area contributed by atoms with Gasteiger partial charge < -0.3 is 5.32 Å². The third kappa shape index (κ3) is 3.37. The Morgan fingerprint density at radius 3 is 2.67 bits per heavy atom. The molecule has 1 aliphatic carbocycles. The lowest BCUT2D eigenvalue weighted by Crippen LogP contribution is -2.40. The maximum atomic E-state index is 12.8. The normalized spacial score (nSPS) is 19.9. The van der Waals surface area contributed by atoms with Gasteiger partial charge >= 0.3 is 0 Å². The molecule has 0 aromatic carbocycles. The summed E-state index contributed by atoms with van der Waals surface area (Å²) in [5.41, 5.74) is 2.86. The Kier molecular flexibility index (Phi) is 4.51. The predicted molar refractivity (Wildman–Crippen MR) is 102 cm³/mol. The molecule has 0 aliphatic heterocycles. The van der Waals surface area contributed by atoms with Crippen molar-refractivity contribution in [3.8, 4) is 0 Å². The highest BCUT2D eigenvalue weighted by atomic mass is 16.2. The van der Waals surface area contributed by atoms with E-state index in [9.17, 15) is 9.59 Å². The second kappa shape index (κ2) is 6.98. The van der Waals surface area contributed by atoms with Crippen LogP contribution in [0.4, 0.5) is 0 Å². The maximum absolute atomic E-state index is 12.8. The molecule has 0 spiro atoms. The average molecular weight is 365 g/mol. The van der Waals surface area contributed by atoms with E-state index in [1.165, 1.54) is 0 Å². The lowest BCUT2D eigenvalue weighted by Gasteiger charge is -2.29. The number of pyridine rings is 1. The van der Waals surface area contributed by atoms with Crippen LogP contribution in [0.3, 0.4) is 0 Å². The highest BCUT2D eigenvalue weighted by Gasteiger charge is 2.26. The van der Waals surface area contributed by atoms with Crippen molar-refractivity contribution in [3.63, 3.8) is 0 Å². The summed E-state index contributed by atoms with van der Waals surface area (Å²) in [6.45, 7) is 3.74. The fraction of sp³-hybridized carbons (Fsp3) is 0.400. The summed E-state index contributed by atoms with van der Waals surface area (Å²) in [6.07, 6.45) is 5.17. The second-order valence-corrected chi connectivity index (χ2v) is 7.21. The molecule has 0 unspecified atom stereocenters. The topological polar surface area (TPSA) is 81.3 Å².